The molecule has 1 aliphatic heterocycles. The van der Waals surface area contributed by atoms with Crippen LogP contribution >= 0.6 is 0 Å². The number of hydrogen-bond acceptors (Lipinski definition) is 6. The Labute approximate surface area is 162 Å². The van der Waals surface area contributed by atoms with E-state index < -0.39 is 0 Å². The summed E-state index contributed by atoms with van der Waals surface area (Å²) in [5.41, 5.74) is 2.38. The summed E-state index contributed by atoms with van der Waals surface area (Å²) in [4.78, 5) is 26.9. The lowest BCUT2D eigenvalue weighted by Crippen LogP contribution is -2.37. The van der Waals surface area contributed by atoms with Crippen LogP contribution in [0.3, 0.4) is 0 Å². The first-order chi connectivity index (χ1) is 13.6. The molecule has 0 spiro atoms. The minimum absolute atomic E-state index is 0.0788. The van der Waals surface area contributed by atoms with E-state index in [4.69, 9.17) is 4.74 Å². The summed E-state index contributed by atoms with van der Waals surface area (Å²) < 4.78 is 5.80. The van der Waals surface area contributed by atoms with Gasteiger partial charge in [0.05, 0.1) is 5.69 Å². The molecule has 0 saturated carbocycles. The van der Waals surface area contributed by atoms with E-state index in [2.05, 4.69) is 20.3 Å². The average molecular weight is 373 g/mol. The zero-order valence-corrected chi connectivity index (χ0v) is 15.6. The van der Waals surface area contributed by atoms with Crippen LogP contribution in [0, 0.1) is 13.8 Å². The highest BCUT2D eigenvalue weighted by molar-refractivity contribution is 6.24. The van der Waals surface area contributed by atoms with E-state index in [9.17, 15) is 4.79 Å². The molecule has 0 radical (unpaired) electrons. The van der Waals surface area contributed by atoms with Gasteiger partial charge in [0.1, 0.15) is 18.0 Å². The molecule has 0 bridgehead atoms. The zero-order valence-electron chi connectivity index (χ0n) is 15.6. The Morgan fingerprint density at radius 1 is 0.929 bits per heavy atom. The first kappa shape index (κ1) is 17.7. The molecule has 7 heteroatoms. The summed E-state index contributed by atoms with van der Waals surface area (Å²) in [5, 5.41) is 3.06. The summed E-state index contributed by atoms with van der Waals surface area (Å²) >= 11 is 0. The number of ether oxygens (including phenoxy) is 1. The van der Waals surface area contributed by atoms with E-state index in [1.54, 1.807) is 0 Å². The predicted octanol–water partition coefficient (Wildman–Crippen LogP) is 3.70. The van der Waals surface area contributed by atoms with Crippen LogP contribution in [0.2, 0.25) is 0 Å². The molecule has 3 aromatic rings. The molecule has 2 heterocycles. The van der Waals surface area contributed by atoms with Crippen molar-refractivity contribution in [3.05, 3.63) is 72.1 Å². The number of aliphatic imine (C=N–C) groups is 1. The lowest BCUT2D eigenvalue weighted by atomic mass is 10.2. The van der Waals surface area contributed by atoms with Crippen molar-refractivity contribution in [2.75, 3.05) is 16.8 Å². The second-order valence-electron chi connectivity index (χ2n) is 6.38. The maximum absolute atomic E-state index is 12.4. The molecule has 1 N–H and O–H groups in total. The summed E-state index contributed by atoms with van der Waals surface area (Å²) in [7, 11) is 0. The van der Waals surface area contributed by atoms with Crippen LogP contribution in [-0.2, 0) is 4.79 Å². The minimum Gasteiger partial charge on any atom is -0.457 e. The van der Waals surface area contributed by atoms with Crippen LogP contribution in [0.15, 0.2) is 65.7 Å². The van der Waals surface area contributed by atoms with Crippen molar-refractivity contribution in [1.29, 1.82) is 0 Å². The number of rotatable bonds is 4. The van der Waals surface area contributed by atoms with Crippen LogP contribution in [0.4, 0.5) is 11.6 Å². The van der Waals surface area contributed by atoms with E-state index in [0.29, 0.717) is 23.3 Å². The van der Waals surface area contributed by atoms with Crippen LogP contribution in [0.1, 0.15) is 11.4 Å². The number of carbonyl (C=O) groups excluding carboxylic acids is 1. The molecule has 2 aromatic carbocycles. The molecule has 1 aromatic heterocycles. The molecule has 140 valence electrons. The number of aromatic nitrogens is 2. The molecular weight excluding hydrogens is 354 g/mol. The van der Waals surface area contributed by atoms with Gasteiger partial charge in [-0.2, -0.15) is 0 Å². The molecular formula is C21H19N5O2. The molecule has 7 nitrogen and oxygen atoms in total. The van der Waals surface area contributed by atoms with Crippen LogP contribution in [-0.4, -0.2) is 28.4 Å². The van der Waals surface area contributed by atoms with Gasteiger partial charge >= 0.3 is 0 Å². The fourth-order valence-corrected chi connectivity index (χ4v) is 2.93. The number of carbonyl (C=O) groups is 1. The Hall–Kier alpha value is -3.74. The number of nitrogens with zero attached hydrogens (tertiary/aromatic N) is 4. The first-order valence-electron chi connectivity index (χ1n) is 8.88. The lowest BCUT2D eigenvalue weighted by molar-refractivity contribution is -0.115. The molecule has 0 aliphatic carbocycles. The largest absolute Gasteiger partial charge is 0.457 e. The molecule has 1 amide bonds. The van der Waals surface area contributed by atoms with Crippen LogP contribution in [0.5, 0.6) is 11.5 Å². The number of para-hydroxylation sites is 1. The highest BCUT2D eigenvalue weighted by atomic mass is 16.5. The summed E-state index contributed by atoms with van der Waals surface area (Å²) in [5.74, 6) is 2.14. The fourth-order valence-electron chi connectivity index (χ4n) is 2.93. The van der Waals surface area contributed by atoms with Gasteiger partial charge in [0, 0.05) is 11.4 Å². The first-order valence-corrected chi connectivity index (χ1v) is 8.88. The third kappa shape index (κ3) is 3.83. The van der Waals surface area contributed by atoms with Crippen molar-refractivity contribution in [1.82, 2.24) is 9.97 Å². The molecule has 0 unspecified atom stereocenters. The molecule has 28 heavy (non-hydrogen) atoms. The number of anilines is 2. The summed E-state index contributed by atoms with van der Waals surface area (Å²) in [6.07, 6.45) is 0. The van der Waals surface area contributed by atoms with Gasteiger partial charge < -0.3 is 4.74 Å². The predicted molar refractivity (Wildman–Crippen MR) is 108 cm³/mol. The van der Waals surface area contributed by atoms with Gasteiger partial charge in [-0.05, 0) is 56.3 Å². The Bertz CT molecular complexity index is 1010. The van der Waals surface area contributed by atoms with Crippen molar-refractivity contribution in [2.24, 2.45) is 4.99 Å². The molecule has 4 rings (SSSR count). The van der Waals surface area contributed by atoms with Gasteiger partial charge in [0.15, 0.2) is 0 Å². The lowest BCUT2D eigenvalue weighted by Gasteiger charge is -2.19. The average Bonchev–Trinajstić information content (AvgIpc) is 3.03. The van der Waals surface area contributed by atoms with Gasteiger partial charge in [-0.15, -0.1) is 0 Å². The van der Waals surface area contributed by atoms with E-state index >= 15 is 0 Å². The second-order valence-corrected chi connectivity index (χ2v) is 6.38. The Morgan fingerprint density at radius 2 is 1.57 bits per heavy atom. The molecule has 0 atom stereocenters. The van der Waals surface area contributed by atoms with Gasteiger partial charge in [0.25, 0.3) is 5.91 Å². The summed E-state index contributed by atoms with van der Waals surface area (Å²) in [6, 6.07) is 18.7. The Kier molecular flexibility index (Phi) is 4.72. The maximum atomic E-state index is 12.4. The van der Waals surface area contributed by atoms with Gasteiger partial charge in [0.2, 0.25) is 11.9 Å². The number of hydrogen-bond donors (Lipinski definition) is 1. The van der Waals surface area contributed by atoms with E-state index in [-0.39, 0.29) is 12.5 Å². The Morgan fingerprint density at radius 3 is 2.25 bits per heavy atom. The quantitative estimate of drug-likeness (QED) is 0.754. The van der Waals surface area contributed by atoms with Crippen LogP contribution in [0.25, 0.3) is 0 Å². The summed E-state index contributed by atoms with van der Waals surface area (Å²) in [6.45, 7) is 3.87. The number of nitrogens with one attached hydrogen (secondary N) is 1. The topological polar surface area (TPSA) is 79.7 Å². The second kappa shape index (κ2) is 7.48. The number of aryl methyl sites for hydroxylation is 2. The third-order valence-electron chi connectivity index (χ3n) is 4.11. The highest BCUT2D eigenvalue weighted by Crippen LogP contribution is 2.26. The standard InChI is InChI=1S/C21H19N5O2/c1-14-12-15(2)24-20(23-14)25-21-22-13-19(27)26(21)16-8-10-18(11-9-16)28-17-6-4-3-5-7-17/h3-12H,13H2,1-2H3,(H,22,23,24,25). The fraction of sp³-hybridized carbons (Fsp3) is 0.143. The van der Waals surface area contributed by atoms with Crippen molar-refractivity contribution in [3.8, 4) is 11.5 Å². The maximum Gasteiger partial charge on any atom is 0.255 e. The van der Waals surface area contributed by atoms with Crippen molar-refractivity contribution in [3.63, 3.8) is 0 Å². The monoisotopic (exact) mass is 373 g/mol. The van der Waals surface area contributed by atoms with E-state index in [0.717, 1.165) is 17.1 Å². The van der Waals surface area contributed by atoms with Crippen molar-refractivity contribution < 1.29 is 9.53 Å². The minimum atomic E-state index is -0.122. The number of amides is 1. The Balaban J connectivity index is 1.53. The SMILES string of the molecule is Cc1cc(C)nc(NC2=NCC(=O)N2c2ccc(Oc3ccccc3)cc2)n1. The van der Waals surface area contributed by atoms with Gasteiger partial charge in [-0.1, -0.05) is 18.2 Å². The van der Waals surface area contributed by atoms with Crippen molar-refractivity contribution >= 4 is 23.5 Å². The normalized spacial score (nSPS) is 13.4. The smallest absolute Gasteiger partial charge is 0.255 e. The van der Waals surface area contributed by atoms with Gasteiger partial charge in [-0.3, -0.25) is 10.1 Å². The van der Waals surface area contributed by atoms with Crippen LogP contribution < -0.4 is 15.0 Å². The molecule has 0 saturated heterocycles. The van der Waals surface area contributed by atoms with E-state index in [1.165, 1.54) is 4.90 Å². The van der Waals surface area contributed by atoms with Gasteiger partial charge in [-0.25, -0.2) is 19.9 Å². The zero-order chi connectivity index (χ0) is 19.5. The van der Waals surface area contributed by atoms with E-state index in [1.807, 2.05) is 74.5 Å². The van der Waals surface area contributed by atoms with Crippen molar-refractivity contribution in [2.45, 2.75) is 13.8 Å². The number of guanidine groups is 1. The molecule has 0 fully saturated rings. The number of benzene rings is 2. The highest BCUT2D eigenvalue weighted by Gasteiger charge is 2.27. The molecule has 1 aliphatic rings. The third-order valence-corrected chi connectivity index (χ3v) is 4.11.